The minimum absolute atomic E-state index is 0.0102. The van der Waals surface area contributed by atoms with Crippen molar-refractivity contribution in [3.05, 3.63) is 6.07 Å². The number of hydrogen-bond acceptors (Lipinski definition) is 0. The molecule has 0 bridgehead atoms. The van der Waals surface area contributed by atoms with Crippen LogP contribution in [0.5, 0.6) is 0 Å². The summed E-state index contributed by atoms with van der Waals surface area (Å²) in [5.74, 6) is 0. The van der Waals surface area contributed by atoms with E-state index in [0.717, 1.165) is 0 Å². The zero-order chi connectivity index (χ0) is 52.5. The molecule has 0 aliphatic carbocycles. The lowest BCUT2D eigenvalue weighted by Crippen LogP contribution is -2.57. The third kappa shape index (κ3) is 6.73. The summed E-state index contributed by atoms with van der Waals surface area (Å²) >= 11 is 0. The molecule has 260 valence electrons. The fraction of sp³-hybridized carbons (Fsp3) is 0. The van der Waals surface area contributed by atoms with Crippen LogP contribution < -0.4 is 147 Å². The van der Waals surface area contributed by atoms with Crippen LogP contribution in [0.25, 0.3) is 77.2 Å². The maximum absolute atomic E-state index is 7.31. The van der Waals surface area contributed by atoms with E-state index in [1.54, 1.807) is 0 Å². The Morgan fingerprint density at radius 3 is 0.831 bits per heavy atom. The van der Waals surface area contributed by atoms with E-state index in [2.05, 4.69) is 0 Å². The van der Waals surface area contributed by atoms with Crippen molar-refractivity contribution in [2.45, 2.75) is 0 Å². The summed E-state index contributed by atoms with van der Waals surface area (Å²) in [7, 11) is 180. The molecule has 7 aromatic carbocycles. The average Bonchev–Trinajstić information content (AvgIpc) is 3.88. The van der Waals surface area contributed by atoms with Gasteiger partial charge >= 0.3 is 0 Å². The van der Waals surface area contributed by atoms with Gasteiger partial charge in [-0.1, -0.05) is 98.9 Å². The van der Waals surface area contributed by atoms with Gasteiger partial charge in [0.05, 0.1) is 0 Å². The highest BCUT2D eigenvalue weighted by Gasteiger charge is 2.30. The first kappa shape index (κ1) is 51.8. The first-order chi connectivity index (χ1) is 33.1. The number of benzene rings is 7. The smallest absolute Gasteiger partial charge is 0.116 e. The van der Waals surface area contributed by atoms with E-state index >= 15 is 0 Å². The van der Waals surface area contributed by atoms with Crippen molar-refractivity contribution >= 4 is 403 Å². The lowest BCUT2D eigenvalue weighted by atomic mass is 9.56. The van der Waals surface area contributed by atoms with E-state index < -0.39 is 0 Å². The van der Waals surface area contributed by atoms with Crippen LogP contribution in [0, 0.1) is 0 Å². The van der Waals surface area contributed by atoms with Gasteiger partial charge in [0.25, 0.3) is 0 Å². The van der Waals surface area contributed by atoms with Crippen LogP contribution in [-0.4, -0.2) is 221 Å². The van der Waals surface area contributed by atoms with Crippen LogP contribution in [0.4, 0.5) is 0 Å². The largest absolute Gasteiger partial charge is 0.312 e. The maximum Gasteiger partial charge on any atom is 0.116 e. The topological polar surface area (TPSA) is 9.86 Å². The number of nitrogens with zero attached hydrogens (tertiary/aromatic N) is 2. The molecule has 0 saturated heterocycles. The molecule has 0 unspecified atom stereocenters. The van der Waals surface area contributed by atoms with Crippen LogP contribution >= 0.6 is 0 Å². The Morgan fingerprint density at radius 2 is 0.437 bits per heavy atom. The summed E-state index contributed by atoms with van der Waals surface area (Å²) in [6, 6.07) is 1.46. The van der Waals surface area contributed by atoms with Crippen molar-refractivity contribution in [3.63, 3.8) is 0 Å². The van der Waals surface area contributed by atoms with Crippen molar-refractivity contribution in [2.75, 3.05) is 0 Å². The Bertz CT molecular complexity index is 3930. The van der Waals surface area contributed by atoms with Gasteiger partial charge in [0.2, 0.25) is 0 Å². The van der Waals surface area contributed by atoms with Gasteiger partial charge in [0.15, 0.2) is 0 Å². The van der Waals surface area contributed by atoms with Gasteiger partial charge in [-0.3, -0.25) is 0 Å². The molecule has 2 aromatic heterocycles. The van der Waals surface area contributed by atoms with E-state index in [4.69, 9.17) is 212 Å². The Balaban J connectivity index is 1.46. The summed E-state index contributed by atoms with van der Waals surface area (Å²) in [6.45, 7) is 0. The second kappa shape index (κ2) is 17.5. The van der Waals surface area contributed by atoms with Gasteiger partial charge in [0.1, 0.15) is 212 Å². The molecule has 54 radical (unpaired) electrons. The highest BCUT2D eigenvalue weighted by molar-refractivity contribution is 6.75. The Hall–Kier alpha value is -4.11. The number of aromatic nitrogens is 2. The first-order valence-corrected chi connectivity index (χ1v) is 20.7. The molecule has 2 heterocycles. The SMILES string of the molecule is [B]c1c([B])c([B])c(-c2c([B])c([B])c(-n3c4c([B])c([B])c([B])c([B])c4c4c([B])c(-c5cc([B])c6c(c5[B])c5c([B])c([B])c([B])c([B])c5n6-c5c([B])c([B])c([B])c([B])c5[B])c([B])c([B])c43)c([B])c2[B])c([B])c1[B]. The standard InChI is InChI=1S/C42HB27N2/c43-3-1-2(11(44)7-9-18(51)22(55)26(59)33(66)39(9)70(37(3)7)42-35(68)28(61)25(58)29(62)36(42)69)4-12(45)8-10-19(52)23(56)27(60)34(67)40(10)71(38(8)30(63)13(4)46)41-31(64)16(49)6(17(50)32(41)65)5-14(47)20(53)24(57)21(54)15(5)48/h1H. The highest BCUT2D eigenvalue weighted by Crippen LogP contribution is 2.32. The zero-order valence-corrected chi connectivity index (χ0v) is 37.6. The molecule has 0 saturated carbocycles. The van der Waals surface area contributed by atoms with Gasteiger partial charge in [0, 0.05) is 44.2 Å². The zero-order valence-electron chi connectivity index (χ0n) is 37.6. The molecule has 0 aliphatic heterocycles. The number of hydrogen-bond donors (Lipinski definition) is 0. The van der Waals surface area contributed by atoms with Crippen LogP contribution in [0.2, 0.25) is 0 Å². The molecule has 2 nitrogen and oxygen atoms in total. The molecule has 0 fully saturated rings. The summed E-state index contributed by atoms with van der Waals surface area (Å²) < 4.78 is 2.87. The Labute approximate surface area is 448 Å². The third-order valence-corrected chi connectivity index (χ3v) is 13.6. The van der Waals surface area contributed by atoms with E-state index in [1.807, 2.05) is 0 Å². The molecule has 0 atom stereocenters. The van der Waals surface area contributed by atoms with Gasteiger partial charge in [-0.05, 0) is 33.0 Å². The molecule has 0 spiro atoms. The predicted molar refractivity (Wildman–Crippen MR) is 331 cm³/mol. The molecule has 0 aliphatic rings. The van der Waals surface area contributed by atoms with Crippen LogP contribution in [-0.2, 0) is 0 Å². The van der Waals surface area contributed by atoms with Gasteiger partial charge < -0.3 is 9.13 Å². The molecule has 9 aromatic rings. The van der Waals surface area contributed by atoms with Crippen molar-refractivity contribution in [1.29, 1.82) is 0 Å². The lowest BCUT2D eigenvalue weighted by Gasteiger charge is -2.29. The second-order valence-electron chi connectivity index (χ2n) is 17.2. The van der Waals surface area contributed by atoms with Crippen molar-refractivity contribution < 1.29 is 0 Å². The number of fused-ring (bicyclic) bond motifs is 6. The highest BCUT2D eigenvalue weighted by atomic mass is 15.0. The van der Waals surface area contributed by atoms with Gasteiger partial charge in [-0.25, -0.2) is 0 Å². The minimum Gasteiger partial charge on any atom is -0.312 e. The number of rotatable bonds is 4. The summed E-state index contributed by atoms with van der Waals surface area (Å²) in [6.07, 6.45) is 0. The van der Waals surface area contributed by atoms with Crippen molar-refractivity contribution in [2.24, 2.45) is 0 Å². The van der Waals surface area contributed by atoms with Crippen molar-refractivity contribution in [3.8, 4) is 33.6 Å². The molecule has 29 heteroatoms. The summed E-state index contributed by atoms with van der Waals surface area (Å²) in [4.78, 5) is 0. The molecular formula is C42HB27N2. The monoisotopic (exact) mass is 830 g/mol. The molecule has 9 rings (SSSR count). The molecule has 0 amide bonds. The van der Waals surface area contributed by atoms with Gasteiger partial charge in [-0.2, -0.15) is 0 Å². The molecule has 0 N–H and O–H groups in total. The van der Waals surface area contributed by atoms with E-state index in [1.165, 1.54) is 15.2 Å². The van der Waals surface area contributed by atoms with Gasteiger partial charge in [-0.15, -0.1) is 54.6 Å². The van der Waals surface area contributed by atoms with Crippen LogP contribution in [0.15, 0.2) is 6.07 Å². The first-order valence-electron chi connectivity index (χ1n) is 20.7. The lowest BCUT2D eigenvalue weighted by molar-refractivity contribution is 1.22. The summed E-state index contributed by atoms with van der Waals surface area (Å²) in [5.41, 5.74) is -2.63. The van der Waals surface area contributed by atoms with Crippen LogP contribution in [0.1, 0.15) is 0 Å². The maximum atomic E-state index is 7.31. The Morgan fingerprint density at radius 1 is 0.197 bits per heavy atom. The molecular weight excluding hydrogens is 824 g/mol. The Kier molecular flexibility index (Phi) is 12.8. The van der Waals surface area contributed by atoms with E-state index in [-0.39, 0.29) is 225 Å². The third-order valence-electron chi connectivity index (χ3n) is 13.6. The predicted octanol–water partition coefficient (Wildman–Crippen LogP) is -21.4. The fourth-order valence-corrected chi connectivity index (χ4v) is 9.77. The fourth-order valence-electron chi connectivity index (χ4n) is 9.77. The second-order valence-corrected chi connectivity index (χ2v) is 17.2. The average molecular weight is 825 g/mol. The quantitative estimate of drug-likeness (QED) is 0.157. The van der Waals surface area contributed by atoms with Crippen molar-refractivity contribution in [1.82, 2.24) is 9.13 Å². The van der Waals surface area contributed by atoms with E-state index in [0.29, 0.717) is 0 Å². The summed E-state index contributed by atoms with van der Waals surface area (Å²) in [5, 5.41) is 0.511. The van der Waals surface area contributed by atoms with Crippen LogP contribution in [0.3, 0.4) is 0 Å². The minimum atomic E-state index is -0.214. The normalized spacial score (nSPS) is 11.8. The van der Waals surface area contributed by atoms with E-state index in [9.17, 15) is 0 Å². The molecule has 71 heavy (non-hydrogen) atoms.